The Bertz CT molecular complexity index is 1250. The molecule has 4 rings (SSSR count). The van der Waals surface area contributed by atoms with Crippen LogP contribution in [0.2, 0.25) is 0 Å². The fourth-order valence-corrected chi connectivity index (χ4v) is 5.19. The minimum absolute atomic E-state index is 0.0461. The number of sulfonamides is 1. The Morgan fingerprint density at radius 3 is 2.64 bits per heavy atom. The van der Waals surface area contributed by atoms with Crippen LogP contribution < -0.4 is 10.1 Å². The highest BCUT2D eigenvalue weighted by Crippen LogP contribution is 2.25. The lowest BCUT2D eigenvalue weighted by Gasteiger charge is -2.26. The molecule has 2 heterocycles. The van der Waals surface area contributed by atoms with E-state index in [-0.39, 0.29) is 30.1 Å². The van der Waals surface area contributed by atoms with Crippen LogP contribution in [0, 0.1) is 6.92 Å². The van der Waals surface area contributed by atoms with Gasteiger partial charge in [0.15, 0.2) is 0 Å². The summed E-state index contributed by atoms with van der Waals surface area (Å²) < 4.78 is 40.0. The molecule has 33 heavy (non-hydrogen) atoms. The number of hydrogen-bond donors (Lipinski definition) is 1. The molecule has 1 fully saturated rings. The van der Waals surface area contributed by atoms with Gasteiger partial charge >= 0.3 is 0 Å². The van der Waals surface area contributed by atoms with Gasteiger partial charge in [0.2, 0.25) is 10.0 Å². The average molecular weight is 471 g/mol. The molecule has 174 valence electrons. The number of ether oxygens (including phenoxy) is 2. The van der Waals surface area contributed by atoms with Crippen molar-refractivity contribution in [3.8, 4) is 11.4 Å². The second-order valence-corrected chi connectivity index (χ2v) is 9.47. The van der Waals surface area contributed by atoms with Gasteiger partial charge in [-0.25, -0.2) is 13.4 Å². The molecule has 0 radical (unpaired) electrons. The number of hydrogen-bond acceptors (Lipinski definition) is 6. The maximum absolute atomic E-state index is 13.1. The molecule has 1 saturated heterocycles. The minimum Gasteiger partial charge on any atom is -0.496 e. The van der Waals surface area contributed by atoms with E-state index in [1.807, 2.05) is 42.0 Å². The maximum Gasteiger partial charge on any atom is 0.255 e. The van der Waals surface area contributed by atoms with Gasteiger partial charge in [-0.15, -0.1) is 0 Å². The number of nitrogens with one attached hydrogen (secondary N) is 1. The van der Waals surface area contributed by atoms with Crippen molar-refractivity contribution in [1.29, 1.82) is 0 Å². The van der Waals surface area contributed by atoms with Crippen LogP contribution in [0.25, 0.3) is 5.69 Å². The molecule has 1 N–H and O–H groups in total. The van der Waals surface area contributed by atoms with Gasteiger partial charge in [0.25, 0.3) is 5.91 Å². The number of imidazole rings is 1. The molecule has 0 saturated carbocycles. The summed E-state index contributed by atoms with van der Waals surface area (Å²) in [4.78, 5) is 17.4. The van der Waals surface area contributed by atoms with Gasteiger partial charge in [-0.2, -0.15) is 4.31 Å². The summed E-state index contributed by atoms with van der Waals surface area (Å²) in [6.07, 6.45) is 3.58. The number of aromatic nitrogens is 2. The number of benzene rings is 2. The topological polar surface area (TPSA) is 103 Å². The summed E-state index contributed by atoms with van der Waals surface area (Å²) >= 11 is 0. The highest BCUT2D eigenvalue weighted by atomic mass is 32.2. The van der Waals surface area contributed by atoms with Crippen molar-refractivity contribution < 1.29 is 22.7 Å². The van der Waals surface area contributed by atoms with E-state index in [0.29, 0.717) is 19.0 Å². The van der Waals surface area contributed by atoms with E-state index >= 15 is 0 Å². The van der Waals surface area contributed by atoms with Gasteiger partial charge < -0.3 is 19.4 Å². The molecule has 10 heteroatoms. The fraction of sp³-hybridized carbons (Fsp3) is 0.304. The van der Waals surface area contributed by atoms with E-state index in [2.05, 4.69) is 10.3 Å². The number of rotatable bonds is 7. The lowest BCUT2D eigenvalue weighted by atomic mass is 10.1. The van der Waals surface area contributed by atoms with Gasteiger partial charge in [-0.3, -0.25) is 4.79 Å². The summed E-state index contributed by atoms with van der Waals surface area (Å²) in [6.45, 7) is 3.40. The van der Waals surface area contributed by atoms with Crippen LogP contribution in [0.15, 0.2) is 59.8 Å². The number of para-hydroxylation sites is 1. The third kappa shape index (κ3) is 4.77. The first-order valence-electron chi connectivity index (χ1n) is 10.5. The zero-order valence-corrected chi connectivity index (χ0v) is 19.3. The van der Waals surface area contributed by atoms with Crippen LogP contribution >= 0.6 is 0 Å². The van der Waals surface area contributed by atoms with Crippen LogP contribution in [0.1, 0.15) is 21.7 Å². The smallest absolute Gasteiger partial charge is 0.255 e. The SMILES string of the molecule is COc1ccc(S(=O)(=O)N2CCOCC2)cc1C(=O)NCc1ccccc1-n1ccnc1C. The zero-order chi connectivity index (χ0) is 23.4. The number of aryl methyl sites for hydroxylation is 1. The van der Waals surface area contributed by atoms with Crippen molar-refractivity contribution >= 4 is 15.9 Å². The maximum atomic E-state index is 13.1. The van der Waals surface area contributed by atoms with E-state index in [1.165, 1.54) is 29.6 Å². The third-order valence-electron chi connectivity index (χ3n) is 5.54. The van der Waals surface area contributed by atoms with Gasteiger partial charge in [-0.1, -0.05) is 18.2 Å². The van der Waals surface area contributed by atoms with Crippen LogP contribution in [-0.4, -0.2) is 61.6 Å². The van der Waals surface area contributed by atoms with Crippen LogP contribution in [0.5, 0.6) is 5.75 Å². The molecule has 0 atom stereocenters. The molecule has 1 aliphatic heterocycles. The normalized spacial score (nSPS) is 14.7. The Balaban J connectivity index is 1.58. The lowest BCUT2D eigenvalue weighted by Crippen LogP contribution is -2.40. The Hall–Kier alpha value is -3.21. The third-order valence-corrected chi connectivity index (χ3v) is 7.43. The average Bonchev–Trinajstić information content (AvgIpc) is 3.28. The van der Waals surface area contributed by atoms with Gasteiger partial charge in [0.1, 0.15) is 11.6 Å². The van der Waals surface area contributed by atoms with Crippen LogP contribution in [0.4, 0.5) is 0 Å². The number of nitrogens with zero attached hydrogens (tertiary/aromatic N) is 3. The van der Waals surface area contributed by atoms with Crippen molar-refractivity contribution in [2.45, 2.75) is 18.4 Å². The summed E-state index contributed by atoms with van der Waals surface area (Å²) in [5.41, 5.74) is 1.95. The lowest BCUT2D eigenvalue weighted by molar-refractivity contribution is 0.0730. The van der Waals surface area contributed by atoms with Crippen molar-refractivity contribution in [2.24, 2.45) is 0 Å². The molecule has 1 aliphatic rings. The first-order valence-corrected chi connectivity index (χ1v) is 12.0. The minimum atomic E-state index is -3.74. The number of amides is 1. The standard InChI is InChI=1S/C23H26N4O5S/c1-17-24-9-10-27(17)21-6-4-3-5-18(21)16-25-23(28)20-15-19(7-8-22(20)31-2)33(29,30)26-11-13-32-14-12-26/h3-10,15H,11-14,16H2,1-2H3,(H,25,28). The van der Waals surface area contributed by atoms with E-state index in [4.69, 9.17) is 9.47 Å². The fourth-order valence-electron chi connectivity index (χ4n) is 3.76. The molecule has 0 unspecified atom stereocenters. The van der Waals surface area contributed by atoms with E-state index in [9.17, 15) is 13.2 Å². The van der Waals surface area contributed by atoms with Gasteiger partial charge in [0.05, 0.1) is 36.5 Å². The molecule has 1 aromatic heterocycles. The Labute approximate surface area is 193 Å². The Morgan fingerprint density at radius 1 is 1.18 bits per heavy atom. The summed E-state index contributed by atoms with van der Waals surface area (Å²) in [5, 5.41) is 2.89. The largest absolute Gasteiger partial charge is 0.496 e. The second-order valence-electron chi connectivity index (χ2n) is 7.53. The van der Waals surface area contributed by atoms with Gasteiger partial charge in [0, 0.05) is 32.0 Å². The highest BCUT2D eigenvalue weighted by Gasteiger charge is 2.28. The molecular weight excluding hydrogens is 444 g/mol. The van der Waals surface area contributed by atoms with Crippen molar-refractivity contribution in [2.75, 3.05) is 33.4 Å². The Morgan fingerprint density at radius 2 is 1.94 bits per heavy atom. The monoisotopic (exact) mass is 470 g/mol. The molecule has 3 aromatic rings. The molecule has 0 bridgehead atoms. The van der Waals surface area contributed by atoms with E-state index < -0.39 is 15.9 Å². The quantitative estimate of drug-likeness (QED) is 0.568. The molecule has 0 spiro atoms. The molecular formula is C23H26N4O5S. The number of morpholine rings is 1. The summed E-state index contributed by atoms with van der Waals surface area (Å²) in [7, 11) is -2.30. The number of carbonyl (C=O) groups excluding carboxylic acids is 1. The first kappa shape index (κ1) is 23.0. The van der Waals surface area contributed by atoms with Crippen LogP contribution in [0.3, 0.4) is 0 Å². The molecule has 9 nitrogen and oxygen atoms in total. The Kier molecular flexibility index (Phi) is 6.77. The van der Waals surface area contributed by atoms with Crippen molar-refractivity contribution in [3.63, 3.8) is 0 Å². The van der Waals surface area contributed by atoms with Crippen LogP contribution in [-0.2, 0) is 21.3 Å². The van der Waals surface area contributed by atoms with Crippen molar-refractivity contribution in [3.05, 3.63) is 71.8 Å². The van der Waals surface area contributed by atoms with Crippen molar-refractivity contribution in [1.82, 2.24) is 19.2 Å². The number of methoxy groups -OCH3 is 1. The molecule has 0 aliphatic carbocycles. The second kappa shape index (κ2) is 9.74. The number of carbonyl (C=O) groups is 1. The predicted octanol–water partition coefficient (Wildman–Crippen LogP) is 2.14. The highest BCUT2D eigenvalue weighted by molar-refractivity contribution is 7.89. The predicted molar refractivity (Wildman–Crippen MR) is 122 cm³/mol. The summed E-state index contributed by atoms with van der Waals surface area (Å²) in [5.74, 6) is 0.701. The zero-order valence-electron chi connectivity index (χ0n) is 18.5. The summed E-state index contributed by atoms with van der Waals surface area (Å²) in [6, 6.07) is 12.0. The molecule has 2 aromatic carbocycles. The van der Waals surface area contributed by atoms with E-state index in [0.717, 1.165) is 17.1 Å². The van der Waals surface area contributed by atoms with Gasteiger partial charge in [-0.05, 0) is 36.8 Å². The molecule has 1 amide bonds. The van der Waals surface area contributed by atoms with E-state index in [1.54, 1.807) is 6.20 Å². The first-order chi connectivity index (χ1) is 15.9.